The molecule has 5 rings (SSSR count). The van der Waals surface area contributed by atoms with Crippen molar-refractivity contribution in [3.63, 3.8) is 0 Å². The van der Waals surface area contributed by atoms with Gasteiger partial charge in [0.25, 0.3) is 0 Å². The van der Waals surface area contributed by atoms with E-state index in [4.69, 9.17) is 4.42 Å². The summed E-state index contributed by atoms with van der Waals surface area (Å²) in [5.74, 6) is 0.763. The summed E-state index contributed by atoms with van der Waals surface area (Å²) in [7, 11) is 3.87. The van der Waals surface area contributed by atoms with Crippen LogP contribution in [0.5, 0.6) is 0 Å². The van der Waals surface area contributed by atoms with Gasteiger partial charge in [0.2, 0.25) is 0 Å². The quantitative estimate of drug-likeness (QED) is 0.540. The van der Waals surface area contributed by atoms with Gasteiger partial charge in [0, 0.05) is 48.4 Å². The van der Waals surface area contributed by atoms with Gasteiger partial charge in [0.15, 0.2) is 5.76 Å². The third-order valence-corrected chi connectivity index (χ3v) is 4.35. The molecule has 0 amide bonds. The first-order valence-corrected chi connectivity index (χ1v) is 7.70. The molecule has 0 radical (unpaired) electrons. The van der Waals surface area contributed by atoms with Gasteiger partial charge in [-0.15, -0.1) is 0 Å². The minimum absolute atomic E-state index is 0.763. The molecular formula is C18H15N5O. The maximum Gasteiger partial charge on any atom is 0.177 e. The van der Waals surface area contributed by atoms with Gasteiger partial charge in [-0.25, -0.2) is 4.98 Å². The maximum absolute atomic E-state index is 5.79. The fourth-order valence-corrected chi connectivity index (χ4v) is 3.24. The van der Waals surface area contributed by atoms with Crippen LogP contribution in [0.1, 0.15) is 0 Å². The molecule has 118 valence electrons. The Morgan fingerprint density at radius 3 is 2.75 bits per heavy atom. The average molecular weight is 317 g/mol. The van der Waals surface area contributed by atoms with Crippen molar-refractivity contribution in [2.24, 2.45) is 14.1 Å². The van der Waals surface area contributed by atoms with E-state index < -0.39 is 0 Å². The molecule has 0 aliphatic heterocycles. The zero-order valence-corrected chi connectivity index (χ0v) is 13.3. The van der Waals surface area contributed by atoms with Gasteiger partial charge in [-0.1, -0.05) is 18.2 Å². The summed E-state index contributed by atoms with van der Waals surface area (Å²) < 4.78 is 9.51. The number of nitrogens with one attached hydrogen (secondary N) is 1. The fourth-order valence-electron chi connectivity index (χ4n) is 3.24. The Hall–Kier alpha value is -3.28. The van der Waals surface area contributed by atoms with E-state index in [2.05, 4.69) is 33.3 Å². The number of imidazole rings is 1. The van der Waals surface area contributed by atoms with E-state index in [1.165, 1.54) is 0 Å². The van der Waals surface area contributed by atoms with Crippen LogP contribution in [-0.2, 0) is 14.1 Å². The summed E-state index contributed by atoms with van der Waals surface area (Å²) >= 11 is 0. The molecule has 0 saturated carbocycles. The lowest BCUT2D eigenvalue weighted by molar-refractivity contribution is 0.584. The normalized spacial score (nSPS) is 11.8. The van der Waals surface area contributed by atoms with E-state index in [0.29, 0.717) is 0 Å². The molecule has 24 heavy (non-hydrogen) atoms. The Morgan fingerprint density at radius 1 is 1.08 bits per heavy atom. The number of nitrogens with zero attached hydrogens (tertiary/aromatic N) is 4. The second-order valence-corrected chi connectivity index (χ2v) is 6.03. The van der Waals surface area contributed by atoms with Crippen molar-refractivity contribution < 1.29 is 4.42 Å². The Morgan fingerprint density at radius 2 is 2.00 bits per heavy atom. The highest BCUT2D eigenvalue weighted by molar-refractivity contribution is 6.14. The monoisotopic (exact) mass is 317 g/mol. The van der Waals surface area contributed by atoms with E-state index in [0.717, 1.165) is 44.4 Å². The molecule has 4 heterocycles. The molecule has 0 saturated heterocycles. The number of aromatic nitrogens is 5. The van der Waals surface area contributed by atoms with Gasteiger partial charge in [-0.05, 0) is 0 Å². The molecule has 6 nitrogen and oxygen atoms in total. The van der Waals surface area contributed by atoms with Crippen LogP contribution in [0, 0.1) is 0 Å². The first kappa shape index (κ1) is 13.2. The van der Waals surface area contributed by atoms with E-state index in [9.17, 15) is 0 Å². The number of aromatic amines is 1. The Labute approximate surface area is 137 Å². The Bertz CT molecular complexity index is 1190. The average Bonchev–Trinajstić information content (AvgIpc) is 3.30. The number of hydrogen-bond donors (Lipinski definition) is 1. The largest absolute Gasteiger partial charge is 0.460 e. The minimum atomic E-state index is 0.763. The van der Waals surface area contributed by atoms with Crippen LogP contribution in [0.2, 0.25) is 0 Å². The number of aryl methyl sites for hydroxylation is 2. The predicted molar refractivity (Wildman–Crippen MR) is 92.5 cm³/mol. The highest BCUT2D eigenvalue weighted by Gasteiger charge is 2.17. The number of benzene rings is 1. The van der Waals surface area contributed by atoms with Gasteiger partial charge in [0.1, 0.15) is 12.0 Å². The van der Waals surface area contributed by atoms with Crippen molar-refractivity contribution in [3.8, 4) is 22.6 Å². The van der Waals surface area contributed by atoms with Crippen LogP contribution >= 0.6 is 0 Å². The molecule has 0 fully saturated rings. The van der Waals surface area contributed by atoms with Crippen LogP contribution in [0.3, 0.4) is 0 Å². The van der Waals surface area contributed by atoms with Gasteiger partial charge in [0.05, 0.1) is 23.6 Å². The van der Waals surface area contributed by atoms with Crippen LogP contribution < -0.4 is 0 Å². The highest BCUT2D eigenvalue weighted by atomic mass is 16.3. The molecule has 0 aliphatic carbocycles. The number of para-hydroxylation sites is 1. The van der Waals surface area contributed by atoms with E-state index >= 15 is 0 Å². The predicted octanol–water partition coefficient (Wildman–Crippen LogP) is 3.72. The van der Waals surface area contributed by atoms with Crippen LogP contribution in [0.15, 0.2) is 53.8 Å². The third kappa shape index (κ3) is 1.76. The summed E-state index contributed by atoms with van der Waals surface area (Å²) in [6.45, 7) is 0. The zero-order chi connectivity index (χ0) is 16.3. The topological polar surface area (TPSA) is 64.6 Å². The molecule has 0 atom stereocenters. The lowest BCUT2D eigenvalue weighted by atomic mass is 10.1. The molecule has 6 heteroatoms. The van der Waals surface area contributed by atoms with Gasteiger partial charge in [-0.2, -0.15) is 5.10 Å². The lowest BCUT2D eigenvalue weighted by Crippen LogP contribution is -1.84. The second-order valence-electron chi connectivity index (χ2n) is 6.03. The van der Waals surface area contributed by atoms with Crippen molar-refractivity contribution in [3.05, 3.63) is 49.4 Å². The van der Waals surface area contributed by atoms with Gasteiger partial charge >= 0.3 is 0 Å². The summed E-state index contributed by atoms with van der Waals surface area (Å²) in [6.07, 6.45) is 9.42. The maximum atomic E-state index is 5.79. The molecule has 1 N–H and O–H groups in total. The number of hydrogen-bond acceptors (Lipinski definition) is 3. The lowest BCUT2D eigenvalue weighted by Gasteiger charge is -2.00. The first-order valence-electron chi connectivity index (χ1n) is 7.70. The first-order chi connectivity index (χ1) is 11.7. The number of rotatable bonds is 2. The molecule has 4 aromatic heterocycles. The van der Waals surface area contributed by atoms with Crippen molar-refractivity contribution >= 4 is 21.8 Å². The van der Waals surface area contributed by atoms with Crippen molar-refractivity contribution in [2.75, 3.05) is 0 Å². The van der Waals surface area contributed by atoms with Crippen LogP contribution in [0.4, 0.5) is 0 Å². The standard InChI is InChI=1S/C18H15N5O/c1-22-8-15(19-10-22)18-17-14(9-24-18)13-5-3-4-12(16(13)21-17)11-6-20-23(2)7-11/h3-10,21H,1-2H3. The molecule has 5 aromatic rings. The highest BCUT2D eigenvalue weighted by Crippen LogP contribution is 2.37. The fraction of sp³-hybridized carbons (Fsp3) is 0.111. The van der Waals surface area contributed by atoms with Crippen molar-refractivity contribution in [1.29, 1.82) is 0 Å². The third-order valence-electron chi connectivity index (χ3n) is 4.35. The molecule has 0 aliphatic rings. The van der Waals surface area contributed by atoms with Crippen LogP contribution in [-0.4, -0.2) is 24.3 Å². The minimum Gasteiger partial charge on any atom is -0.460 e. The van der Waals surface area contributed by atoms with E-state index in [-0.39, 0.29) is 0 Å². The van der Waals surface area contributed by atoms with Crippen molar-refractivity contribution in [2.45, 2.75) is 0 Å². The smallest absolute Gasteiger partial charge is 0.177 e. The summed E-state index contributed by atoms with van der Waals surface area (Å²) in [5, 5.41) is 6.48. The summed E-state index contributed by atoms with van der Waals surface area (Å²) in [5.41, 5.74) is 5.10. The van der Waals surface area contributed by atoms with E-state index in [1.807, 2.05) is 41.9 Å². The zero-order valence-electron chi connectivity index (χ0n) is 13.3. The van der Waals surface area contributed by atoms with E-state index in [1.54, 1.807) is 12.6 Å². The Balaban J connectivity index is 1.80. The number of fused-ring (bicyclic) bond motifs is 3. The molecule has 0 bridgehead atoms. The van der Waals surface area contributed by atoms with Crippen molar-refractivity contribution in [1.82, 2.24) is 24.3 Å². The summed E-state index contributed by atoms with van der Waals surface area (Å²) in [6, 6.07) is 6.27. The molecule has 0 unspecified atom stereocenters. The molecule has 1 aromatic carbocycles. The number of furan rings is 1. The Kier molecular flexibility index (Phi) is 2.53. The van der Waals surface area contributed by atoms with Gasteiger partial charge < -0.3 is 14.0 Å². The van der Waals surface area contributed by atoms with Crippen LogP contribution in [0.25, 0.3) is 44.4 Å². The second kappa shape index (κ2) is 4.61. The SMILES string of the molecule is Cn1cnc(-c2occ3c2[nH]c2c(-c4cnn(C)c4)cccc23)c1. The molecular weight excluding hydrogens is 302 g/mol. The molecule has 0 spiro atoms. The number of H-pyrrole nitrogens is 1. The summed E-state index contributed by atoms with van der Waals surface area (Å²) in [4.78, 5) is 7.93. The van der Waals surface area contributed by atoms with Gasteiger partial charge in [-0.3, -0.25) is 4.68 Å².